The number of aryl methyl sites for hydroxylation is 1. The quantitative estimate of drug-likeness (QED) is 0.832. The maximum Gasteiger partial charge on any atom is 0.147 e. The van der Waals surface area contributed by atoms with E-state index in [4.69, 9.17) is 0 Å². The Hall–Kier alpha value is -1.49. The molecule has 0 spiro atoms. The molecule has 0 aromatic carbocycles. The highest BCUT2D eigenvalue weighted by Crippen LogP contribution is 2.08. The number of nitrogens with zero attached hydrogens (tertiary/aromatic N) is 3. The first-order valence-electron chi connectivity index (χ1n) is 4.25. The van der Waals surface area contributed by atoms with Gasteiger partial charge < -0.3 is 5.32 Å². The lowest BCUT2D eigenvalue weighted by molar-refractivity contribution is 1.02. The van der Waals surface area contributed by atoms with Crippen LogP contribution in [0.5, 0.6) is 0 Å². The van der Waals surface area contributed by atoms with Gasteiger partial charge in [-0.25, -0.2) is 9.97 Å². The average molecular weight is 206 g/mol. The second-order valence-corrected chi connectivity index (χ2v) is 3.54. The van der Waals surface area contributed by atoms with Crippen molar-refractivity contribution in [2.45, 2.75) is 13.5 Å². The van der Waals surface area contributed by atoms with Crippen molar-refractivity contribution in [2.75, 3.05) is 5.32 Å². The van der Waals surface area contributed by atoms with Crippen LogP contribution in [0, 0.1) is 6.92 Å². The molecule has 0 fully saturated rings. The van der Waals surface area contributed by atoms with Gasteiger partial charge in [-0.1, -0.05) is 0 Å². The topological polar surface area (TPSA) is 50.7 Å². The van der Waals surface area contributed by atoms with Crippen LogP contribution < -0.4 is 5.32 Å². The number of anilines is 1. The van der Waals surface area contributed by atoms with Crippen LogP contribution in [0.3, 0.4) is 0 Å². The second-order valence-electron chi connectivity index (χ2n) is 2.82. The summed E-state index contributed by atoms with van der Waals surface area (Å²) in [6.07, 6.45) is 3.36. The van der Waals surface area contributed by atoms with Crippen molar-refractivity contribution in [3.05, 3.63) is 34.7 Å². The monoisotopic (exact) mass is 206 g/mol. The third-order valence-corrected chi connectivity index (χ3v) is 2.44. The summed E-state index contributed by atoms with van der Waals surface area (Å²) < 4.78 is 0. The molecule has 2 rings (SSSR count). The van der Waals surface area contributed by atoms with E-state index in [0.717, 1.165) is 17.2 Å². The van der Waals surface area contributed by atoms with Gasteiger partial charge in [0, 0.05) is 17.8 Å². The fourth-order valence-electron chi connectivity index (χ4n) is 1.08. The van der Waals surface area contributed by atoms with E-state index in [9.17, 15) is 0 Å². The number of hydrogen-bond acceptors (Lipinski definition) is 5. The Morgan fingerprint density at radius 2 is 2.14 bits per heavy atom. The summed E-state index contributed by atoms with van der Waals surface area (Å²) in [7, 11) is 0. The zero-order chi connectivity index (χ0) is 9.80. The normalized spacial score (nSPS) is 10.1. The number of nitrogens with one attached hydrogen (secondary N) is 1. The van der Waals surface area contributed by atoms with Crippen LogP contribution in [0.15, 0.2) is 23.3 Å². The van der Waals surface area contributed by atoms with E-state index in [-0.39, 0.29) is 0 Å². The number of rotatable bonds is 3. The van der Waals surface area contributed by atoms with Crippen LogP contribution in [-0.4, -0.2) is 15.0 Å². The van der Waals surface area contributed by atoms with Gasteiger partial charge in [-0.15, -0.1) is 11.3 Å². The summed E-state index contributed by atoms with van der Waals surface area (Å²) in [5.41, 5.74) is 3.75. The predicted molar refractivity (Wildman–Crippen MR) is 56.2 cm³/mol. The molecule has 2 aromatic rings. The maximum absolute atomic E-state index is 4.18. The summed E-state index contributed by atoms with van der Waals surface area (Å²) >= 11 is 1.59. The Balaban J connectivity index is 2.02. The average Bonchev–Trinajstić information content (AvgIpc) is 2.69. The van der Waals surface area contributed by atoms with Crippen LogP contribution in [0.2, 0.25) is 0 Å². The highest BCUT2D eigenvalue weighted by atomic mass is 32.1. The van der Waals surface area contributed by atoms with Gasteiger partial charge in [0.2, 0.25) is 0 Å². The van der Waals surface area contributed by atoms with Gasteiger partial charge in [0.1, 0.15) is 5.82 Å². The summed E-state index contributed by atoms with van der Waals surface area (Å²) in [6.45, 7) is 2.62. The van der Waals surface area contributed by atoms with Gasteiger partial charge in [0.25, 0.3) is 0 Å². The van der Waals surface area contributed by atoms with Crippen molar-refractivity contribution in [2.24, 2.45) is 0 Å². The number of hydrogen-bond donors (Lipinski definition) is 1. The highest BCUT2D eigenvalue weighted by Gasteiger charge is 1.99. The lowest BCUT2D eigenvalue weighted by atomic mass is 10.4. The number of aromatic nitrogens is 3. The molecular formula is C9H10N4S. The smallest absolute Gasteiger partial charge is 0.147 e. The standard InChI is InChI=1S/C9H10N4S/c1-7-9(11-3-2-10-7)12-4-8-5-14-6-13-8/h2-3,5-6H,4H2,1H3,(H,11,12). The maximum atomic E-state index is 4.18. The third kappa shape index (κ3) is 2.05. The van der Waals surface area contributed by atoms with Gasteiger partial charge in [-0.2, -0.15) is 0 Å². The zero-order valence-electron chi connectivity index (χ0n) is 7.77. The minimum Gasteiger partial charge on any atom is -0.363 e. The fraction of sp³-hybridized carbons (Fsp3) is 0.222. The van der Waals surface area contributed by atoms with Gasteiger partial charge in [-0.3, -0.25) is 4.98 Å². The summed E-state index contributed by atoms with van der Waals surface area (Å²) in [5, 5.41) is 5.20. The minimum atomic E-state index is 0.697. The Morgan fingerprint density at radius 1 is 1.29 bits per heavy atom. The van der Waals surface area contributed by atoms with Gasteiger partial charge in [-0.05, 0) is 6.92 Å². The molecule has 0 saturated heterocycles. The molecule has 2 heterocycles. The highest BCUT2D eigenvalue weighted by molar-refractivity contribution is 7.07. The van der Waals surface area contributed by atoms with E-state index < -0.39 is 0 Å². The van der Waals surface area contributed by atoms with Crippen molar-refractivity contribution in [3.63, 3.8) is 0 Å². The Bertz CT molecular complexity index is 399. The van der Waals surface area contributed by atoms with Crippen LogP contribution in [0.1, 0.15) is 11.4 Å². The van der Waals surface area contributed by atoms with E-state index >= 15 is 0 Å². The Kier molecular flexibility index (Phi) is 2.69. The van der Waals surface area contributed by atoms with Crippen LogP contribution >= 0.6 is 11.3 Å². The van der Waals surface area contributed by atoms with E-state index in [2.05, 4.69) is 20.3 Å². The molecule has 0 saturated carbocycles. The molecule has 4 nitrogen and oxygen atoms in total. The van der Waals surface area contributed by atoms with Gasteiger partial charge >= 0.3 is 0 Å². The van der Waals surface area contributed by atoms with E-state index in [1.807, 2.05) is 17.8 Å². The van der Waals surface area contributed by atoms with Crippen LogP contribution in [-0.2, 0) is 6.54 Å². The third-order valence-electron chi connectivity index (χ3n) is 1.80. The molecular weight excluding hydrogens is 196 g/mol. The van der Waals surface area contributed by atoms with E-state index in [0.29, 0.717) is 6.54 Å². The van der Waals surface area contributed by atoms with Gasteiger partial charge in [0.15, 0.2) is 0 Å². The zero-order valence-corrected chi connectivity index (χ0v) is 8.58. The molecule has 0 aliphatic carbocycles. The summed E-state index contributed by atoms with van der Waals surface area (Å²) in [5.74, 6) is 0.820. The van der Waals surface area contributed by atoms with E-state index in [1.165, 1.54) is 0 Å². The first-order chi connectivity index (χ1) is 6.86. The second kappa shape index (κ2) is 4.15. The van der Waals surface area contributed by atoms with Crippen molar-refractivity contribution in [1.29, 1.82) is 0 Å². The number of thiazole rings is 1. The van der Waals surface area contributed by atoms with Crippen molar-refractivity contribution in [1.82, 2.24) is 15.0 Å². The molecule has 0 unspecified atom stereocenters. The molecule has 72 valence electrons. The van der Waals surface area contributed by atoms with Crippen LogP contribution in [0.25, 0.3) is 0 Å². The Labute approximate surface area is 86.1 Å². The molecule has 1 N–H and O–H groups in total. The predicted octanol–water partition coefficient (Wildman–Crippen LogP) is 1.85. The molecule has 0 atom stereocenters. The minimum absolute atomic E-state index is 0.697. The molecule has 0 amide bonds. The molecule has 2 aromatic heterocycles. The fourth-order valence-corrected chi connectivity index (χ4v) is 1.64. The molecule has 0 radical (unpaired) electrons. The van der Waals surface area contributed by atoms with Crippen molar-refractivity contribution < 1.29 is 0 Å². The lowest BCUT2D eigenvalue weighted by Gasteiger charge is -2.04. The molecule has 0 bridgehead atoms. The molecule has 0 aliphatic rings. The molecule has 5 heteroatoms. The van der Waals surface area contributed by atoms with Gasteiger partial charge in [0.05, 0.1) is 23.4 Å². The van der Waals surface area contributed by atoms with Crippen molar-refractivity contribution >= 4 is 17.2 Å². The summed E-state index contributed by atoms with van der Waals surface area (Å²) in [4.78, 5) is 12.5. The SMILES string of the molecule is Cc1nccnc1NCc1cscn1. The Morgan fingerprint density at radius 3 is 2.86 bits per heavy atom. The van der Waals surface area contributed by atoms with Crippen molar-refractivity contribution in [3.8, 4) is 0 Å². The molecule has 0 aliphatic heterocycles. The first kappa shape index (κ1) is 9.08. The largest absolute Gasteiger partial charge is 0.363 e. The molecule has 14 heavy (non-hydrogen) atoms. The lowest BCUT2D eigenvalue weighted by Crippen LogP contribution is -2.03. The first-order valence-corrected chi connectivity index (χ1v) is 5.19. The van der Waals surface area contributed by atoms with Crippen LogP contribution in [0.4, 0.5) is 5.82 Å². The van der Waals surface area contributed by atoms with E-state index in [1.54, 1.807) is 23.7 Å². The summed E-state index contributed by atoms with van der Waals surface area (Å²) in [6, 6.07) is 0.